The Bertz CT molecular complexity index is 1030. The lowest BCUT2D eigenvalue weighted by atomic mass is 10.1. The van der Waals surface area contributed by atoms with Gasteiger partial charge in [-0.25, -0.2) is 14.6 Å². The largest absolute Gasteiger partial charge is 0.465 e. The Hall–Kier alpha value is -3.52. The summed E-state index contributed by atoms with van der Waals surface area (Å²) in [5, 5.41) is 5.47. The summed E-state index contributed by atoms with van der Waals surface area (Å²) in [5.74, 6) is -1.56. The van der Waals surface area contributed by atoms with Crippen LogP contribution < -0.4 is 5.32 Å². The molecule has 0 aliphatic rings. The molecule has 3 aromatic rings. The third kappa shape index (κ3) is 5.51. The van der Waals surface area contributed by atoms with Crippen LogP contribution in [0.4, 0.5) is 5.69 Å². The summed E-state index contributed by atoms with van der Waals surface area (Å²) in [6.07, 6.45) is 0.776. The summed E-state index contributed by atoms with van der Waals surface area (Å²) in [6, 6.07) is 14.2. The van der Waals surface area contributed by atoms with Crippen LogP contribution in [0.25, 0.3) is 0 Å². The molecular formula is C22H20N2O5S. The standard InChI is InChI=1S/C22H20N2O5S/c1-28-21(26)15-9-16(22(27)29-2)11-17(10-15)23-19(25)12-18-13-30-20(24-18)8-14-6-4-3-5-7-14/h3-7,9-11,13H,8,12H2,1-2H3,(H,23,25). The Labute approximate surface area is 177 Å². The number of anilines is 1. The first-order valence-electron chi connectivity index (χ1n) is 9.07. The number of methoxy groups -OCH3 is 2. The van der Waals surface area contributed by atoms with Gasteiger partial charge in [0.1, 0.15) is 0 Å². The fourth-order valence-electron chi connectivity index (χ4n) is 2.82. The van der Waals surface area contributed by atoms with Crippen LogP contribution in [0.5, 0.6) is 0 Å². The van der Waals surface area contributed by atoms with E-state index in [1.54, 1.807) is 0 Å². The topological polar surface area (TPSA) is 94.6 Å². The molecule has 0 atom stereocenters. The molecule has 0 bridgehead atoms. The lowest BCUT2D eigenvalue weighted by molar-refractivity contribution is -0.115. The molecule has 0 saturated heterocycles. The van der Waals surface area contributed by atoms with Crippen molar-refractivity contribution in [3.63, 3.8) is 0 Å². The monoisotopic (exact) mass is 424 g/mol. The molecule has 1 amide bonds. The molecule has 1 aromatic heterocycles. The molecule has 0 aliphatic carbocycles. The van der Waals surface area contributed by atoms with E-state index in [0.717, 1.165) is 10.6 Å². The molecule has 2 aromatic carbocycles. The minimum atomic E-state index is -0.624. The Morgan fingerprint density at radius 3 is 2.20 bits per heavy atom. The van der Waals surface area contributed by atoms with Crippen LogP contribution in [0.3, 0.4) is 0 Å². The minimum Gasteiger partial charge on any atom is -0.465 e. The van der Waals surface area contributed by atoms with Crippen LogP contribution in [0, 0.1) is 0 Å². The molecule has 8 heteroatoms. The average molecular weight is 424 g/mol. The number of thiazole rings is 1. The summed E-state index contributed by atoms with van der Waals surface area (Å²) in [6.45, 7) is 0. The maximum absolute atomic E-state index is 12.5. The summed E-state index contributed by atoms with van der Waals surface area (Å²) in [4.78, 5) is 40.7. The van der Waals surface area contributed by atoms with Crippen LogP contribution in [0.2, 0.25) is 0 Å². The predicted octanol–water partition coefficient (Wildman–Crippen LogP) is 3.49. The van der Waals surface area contributed by atoms with E-state index < -0.39 is 11.9 Å². The fraction of sp³-hybridized carbons (Fsp3) is 0.182. The lowest BCUT2D eigenvalue weighted by Crippen LogP contribution is -2.16. The zero-order valence-corrected chi connectivity index (χ0v) is 17.3. The Morgan fingerprint density at radius 2 is 1.60 bits per heavy atom. The molecule has 0 fully saturated rings. The van der Waals surface area contributed by atoms with Gasteiger partial charge in [0, 0.05) is 17.5 Å². The normalized spacial score (nSPS) is 10.3. The zero-order valence-electron chi connectivity index (χ0n) is 16.5. The molecule has 0 radical (unpaired) electrons. The van der Waals surface area contributed by atoms with E-state index in [0.29, 0.717) is 17.8 Å². The third-order valence-corrected chi connectivity index (χ3v) is 5.10. The number of amides is 1. The van der Waals surface area contributed by atoms with Gasteiger partial charge < -0.3 is 14.8 Å². The van der Waals surface area contributed by atoms with E-state index in [4.69, 9.17) is 9.47 Å². The van der Waals surface area contributed by atoms with E-state index in [1.165, 1.54) is 43.8 Å². The van der Waals surface area contributed by atoms with Gasteiger partial charge in [-0.1, -0.05) is 30.3 Å². The first kappa shape index (κ1) is 21.2. The second-order valence-corrected chi connectivity index (χ2v) is 7.34. The van der Waals surface area contributed by atoms with Crippen LogP contribution in [0.1, 0.15) is 37.0 Å². The van der Waals surface area contributed by atoms with Crippen molar-refractivity contribution in [2.75, 3.05) is 19.5 Å². The van der Waals surface area contributed by atoms with Crippen molar-refractivity contribution in [3.8, 4) is 0 Å². The third-order valence-electron chi connectivity index (χ3n) is 4.20. The molecule has 0 unspecified atom stereocenters. The van der Waals surface area contributed by atoms with E-state index in [9.17, 15) is 14.4 Å². The van der Waals surface area contributed by atoms with Crippen molar-refractivity contribution in [1.29, 1.82) is 0 Å². The van der Waals surface area contributed by atoms with E-state index in [2.05, 4.69) is 10.3 Å². The number of aromatic nitrogens is 1. The maximum Gasteiger partial charge on any atom is 0.337 e. The van der Waals surface area contributed by atoms with Gasteiger partial charge in [0.15, 0.2) is 0 Å². The first-order chi connectivity index (χ1) is 14.5. The van der Waals surface area contributed by atoms with E-state index >= 15 is 0 Å². The van der Waals surface area contributed by atoms with Crippen LogP contribution in [0.15, 0.2) is 53.9 Å². The van der Waals surface area contributed by atoms with Crippen LogP contribution >= 0.6 is 11.3 Å². The number of rotatable bonds is 7. The predicted molar refractivity (Wildman–Crippen MR) is 113 cm³/mol. The highest BCUT2D eigenvalue weighted by molar-refractivity contribution is 7.09. The van der Waals surface area contributed by atoms with Crippen molar-refractivity contribution in [2.24, 2.45) is 0 Å². The molecule has 1 N–H and O–H groups in total. The Balaban J connectivity index is 1.70. The van der Waals surface area contributed by atoms with Gasteiger partial charge in [-0.3, -0.25) is 4.79 Å². The second-order valence-electron chi connectivity index (χ2n) is 6.40. The summed E-state index contributed by atoms with van der Waals surface area (Å²) in [7, 11) is 2.47. The van der Waals surface area contributed by atoms with Gasteiger partial charge in [-0.15, -0.1) is 11.3 Å². The van der Waals surface area contributed by atoms with Crippen molar-refractivity contribution in [1.82, 2.24) is 4.98 Å². The Morgan fingerprint density at radius 1 is 0.967 bits per heavy atom. The van der Waals surface area contributed by atoms with Gasteiger partial charge >= 0.3 is 11.9 Å². The highest BCUT2D eigenvalue weighted by Gasteiger charge is 2.16. The number of benzene rings is 2. The second kappa shape index (κ2) is 9.80. The van der Waals surface area contributed by atoms with Crippen molar-refractivity contribution >= 4 is 34.9 Å². The van der Waals surface area contributed by atoms with Gasteiger partial charge in [-0.05, 0) is 23.8 Å². The van der Waals surface area contributed by atoms with Gasteiger partial charge in [0.2, 0.25) is 5.91 Å². The van der Waals surface area contributed by atoms with Gasteiger partial charge in [0.05, 0.1) is 42.5 Å². The van der Waals surface area contributed by atoms with Crippen LogP contribution in [-0.4, -0.2) is 37.0 Å². The Kier molecular flexibility index (Phi) is 6.92. The zero-order chi connectivity index (χ0) is 21.5. The van der Waals surface area contributed by atoms with E-state index in [1.807, 2.05) is 35.7 Å². The van der Waals surface area contributed by atoms with Crippen molar-refractivity contribution in [3.05, 3.63) is 81.3 Å². The van der Waals surface area contributed by atoms with E-state index in [-0.39, 0.29) is 23.5 Å². The quantitative estimate of drug-likeness (QED) is 0.584. The number of hydrogen-bond donors (Lipinski definition) is 1. The molecule has 7 nitrogen and oxygen atoms in total. The number of ether oxygens (including phenoxy) is 2. The minimum absolute atomic E-state index is 0.0707. The summed E-state index contributed by atoms with van der Waals surface area (Å²) in [5.41, 5.74) is 2.37. The number of nitrogens with zero attached hydrogens (tertiary/aromatic N) is 1. The van der Waals surface area contributed by atoms with Crippen molar-refractivity contribution < 1.29 is 23.9 Å². The lowest BCUT2D eigenvalue weighted by Gasteiger charge is -2.09. The highest BCUT2D eigenvalue weighted by atomic mass is 32.1. The number of carbonyl (C=O) groups excluding carboxylic acids is 3. The van der Waals surface area contributed by atoms with Crippen molar-refractivity contribution in [2.45, 2.75) is 12.8 Å². The summed E-state index contributed by atoms with van der Waals surface area (Å²) >= 11 is 1.50. The number of hydrogen-bond acceptors (Lipinski definition) is 7. The summed E-state index contributed by atoms with van der Waals surface area (Å²) < 4.78 is 9.40. The first-order valence-corrected chi connectivity index (χ1v) is 9.95. The molecule has 0 aliphatic heterocycles. The molecule has 0 saturated carbocycles. The maximum atomic E-state index is 12.5. The van der Waals surface area contributed by atoms with Gasteiger partial charge in [-0.2, -0.15) is 0 Å². The molecule has 0 spiro atoms. The molecular weight excluding hydrogens is 404 g/mol. The smallest absolute Gasteiger partial charge is 0.337 e. The molecule has 154 valence electrons. The molecule has 1 heterocycles. The fourth-order valence-corrected chi connectivity index (χ4v) is 3.65. The number of carbonyl (C=O) groups is 3. The SMILES string of the molecule is COC(=O)c1cc(NC(=O)Cc2csc(Cc3ccccc3)n2)cc(C(=O)OC)c1. The highest BCUT2D eigenvalue weighted by Crippen LogP contribution is 2.19. The molecule has 30 heavy (non-hydrogen) atoms. The molecule has 3 rings (SSSR count). The number of nitrogens with one attached hydrogen (secondary N) is 1. The number of esters is 2. The average Bonchev–Trinajstić information content (AvgIpc) is 3.19. The van der Waals surface area contributed by atoms with Gasteiger partial charge in [0.25, 0.3) is 0 Å². The van der Waals surface area contributed by atoms with Crippen LogP contribution in [-0.2, 0) is 27.1 Å².